The number of nitrogens with one attached hydrogen (secondary N) is 1. The first-order valence-electron chi connectivity index (χ1n) is 11.7. The number of aromatic nitrogens is 3. The maximum Gasteiger partial charge on any atom is 0.276 e. The predicted octanol–water partition coefficient (Wildman–Crippen LogP) is 4.06. The van der Waals surface area contributed by atoms with Crippen molar-refractivity contribution in [2.24, 2.45) is 0 Å². The standard InChI is InChI=1S/C26H27N5O4S/c1-17-15-18(2)31-25(27-17)23(24(29-31)26(32)28-20-9-5-4-6-10-20)19-11-12-21(35-3)22(16-19)36(33,34)30-13-7-8-14-30/h4-6,9-12,15-16H,7-8,13-14H2,1-3H3,(H,28,32). The summed E-state index contributed by atoms with van der Waals surface area (Å²) in [5, 5.41) is 7.47. The monoisotopic (exact) mass is 505 g/mol. The lowest BCUT2D eigenvalue weighted by molar-refractivity contribution is 0.102. The van der Waals surface area contributed by atoms with E-state index in [0.29, 0.717) is 35.6 Å². The van der Waals surface area contributed by atoms with Gasteiger partial charge in [0, 0.05) is 30.2 Å². The van der Waals surface area contributed by atoms with Gasteiger partial charge in [-0.1, -0.05) is 24.3 Å². The fourth-order valence-electron chi connectivity index (χ4n) is 4.56. The van der Waals surface area contributed by atoms with Crippen LogP contribution >= 0.6 is 0 Å². The van der Waals surface area contributed by atoms with Crippen LogP contribution in [0.1, 0.15) is 34.7 Å². The number of amides is 1. The Kier molecular flexibility index (Phi) is 6.23. The molecule has 1 aliphatic rings. The van der Waals surface area contributed by atoms with Crippen LogP contribution in [-0.2, 0) is 10.0 Å². The molecular formula is C26H27N5O4S. The number of para-hydroxylation sites is 1. The van der Waals surface area contributed by atoms with E-state index in [1.807, 2.05) is 38.1 Å². The molecule has 10 heteroatoms. The summed E-state index contributed by atoms with van der Waals surface area (Å²) in [4.78, 5) is 18.1. The Balaban J connectivity index is 1.71. The number of benzene rings is 2. The van der Waals surface area contributed by atoms with Crippen LogP contribution in [0.3, 0.4) is 0 Å². The molecule has 36 heavy (non-hydrogen) atoms. The van der Waals surface area contributed by atoms with Crippen molar-refractivity contribution in [3.63, 3.8) is 0 Å². The van der Waals surface area contributed by atoms with Crippen molar-refractivity contribution in [2.75, 3.05) is 25.5 Å². The normalized spacial score (nSPS) is 14.3. The lowest BCUT2D eigenvalue weighted by Gasteiger charge is -2.18. The summed E-state index contributed by atoms with van der Waals surface area (Å²) in [5.41, 5.74) is 3.77. The number of carbonyl (C=O) groups excluding carboxylic acids is 1. The molecule has 2 aromatic carbocycles. The third kappa shape index (κ3) is 4.22. The first-order chi connectivity index (χ1) is 17.3. The highest BCUT2D eigenvalue weighted by atomic mass is 32.2. The van der Waals surface area contributed by atoms with Gasteiger partial charge in [0.15, 0.2) is 11.3 Å². The molecule has 1 amide bonds. The molecule has 0 unspecified atom stereocenters. The van der Waals surface area contributed by atoms with Gasteiger partial charge in [-0.25, -0.2) is 17.9 Å². The van der Waals surface area contributed by atoms with Crippen molar-refractivity contribution < 1.29 is 17.9 Å². The molecule has 0 bridgehead atoms. The Labute approximate surface area is 209 Å². The molecule has 186 valence electrons. The number of fused-ring (bicyclic) bond motifs is 1. The van der Waals surface area contributed by atoms with Gasteiger partial charge in [0.25, 0.3) is 5.91 Å². The number of methoxy groups -OCH3 is 1. The van der Waals surface area contributed by atoms with Gasteiger partial charge < -0.3 is 10.1 Å². The molecule has 4 aromatic rings. The highest BCUT2D eigenvalue weighted by Crippen LogP contribution is 2.36. The molecule has 9 nitrogen and oxygen atoms in total. The average Bonchev–Trinajstić information content (AvgIpc) is 3.53. The molecule has 1 N–H and O–H groups in total. The molecule has 1 aliphatic heterocycles. The van der Waals surface area contributed by atoms with Crippen molar-refractivity contribution in [3.8, 4) is 16.9 Å². The van der Waals surface area contributed by atoms with E-state index in [1.165, 1.54) is 11.4 Å². The Morgan fingerprint density at radius 2 is 1.75 bits per heavy atom. The second-order valence-electron chi connectivity index (χ2n) is 8.79. The fourth-order valence-corrected chi connectivity index (χ4v) is 6.26. The molecule has 2 aromatic heterocycles. The van der Waals surface area contributed by atoms with E-state index < -0.39 is 15.9 Å². The Morgan fingerprint density at radius 3 is 2.44 bits per heavy atom. The second kappa shape index (κ2) is 9.36. The van der Waals surface area contributed by atoms with Gasteiger partial charge in [-0.2, -0.15) is 9.40 Å². The third-order valence-electron chi connectivity index (χ3n) is 6.28. The van der Waals surface area contributed by atoms with E-state index in [0.717, 1.165) is 24.2 Å². The van der Waals surface area contributed by atoms with Gasteiger partial charge in [0.05, 0.1) is 12.7 Å². The molecular weight excluding hydrogens is 478 g/mol. The van der Waals surface area contributed by atoms with Crippen LogP contribution in [0.4, 0.5) is 5.69 Å². The molecule has 0 saturated carbocycles. The topological polar surface area (TPSA) is 106 Å². The summed E-state index contributed by atoms with van der Waals surface area (Å²) in [6.45, 7) is 4.69. The number of hydrogen-bond acceptors (Lipinski definition) is 6. The molecule has 1 fully saturated rings. The van der Waals surface area contributed by atoms with E-state index >= 15 is 0 Å². The lowest BCUT2D eigenvalue weighted by atomic mass is 10.0. The van der Waals surface area contributed by atoms with Gasteiger partial charge in [-0.15, -0.1) is 0 Å². The average molecular weight is 506 g/mol. The fraction of sp³-hybridized carbons (Fsp3) is 0.269. The summed E-state index contributed by atoms with van der Waals surface area (Å²) in [7, 11) is -2.34. The minimum Gasteiger partial charge on any atom is -0.495 e. The maximum atomic E-state index is 13.5. The largest absolute Gasteiger partial charge is 0.495 e. The molecule has 0 atom stereocenters. The number of ether oxygens (including phenoxy) is 1. The van der Waals surface area contributed by atoms with E-state index in [-0.39, 0.29) is 16.3 Å². The Morgan fingerprint density at radius 1 is 1.03 bits per heavy atom. The molecule has 3 heterocycles. The van der Waals surface area contributed by atoms with Gasteiger partial charge >= 0.3 is 0 Å². The molecule has 1 saturated heterocycles. The van der Waals surface area contributed by atoms with Crippen molar-refractivity contribution >= 4 is 27.3 Å². The van der Waals surface area contributed by atoms with Crippen molar-refractivity contribution in [2.45, 2.75) is 31.6 Å². The Hall–Kier alpha value is -3.76. The van der Waals surface area contributed by atoms with Crippen molar-refractivity contribution in [3.05, 3.63) is 71.7 Å². The van der Waals surface area contributed by atoms with E-state index in [1.54, 1.807) is 34.8 Å². The van der Waals surface area contributed by atoms with Crippen LogP contribution in [-0.4, -0.2) is 53.4 Å². The van der Waals surface area contributed by atoms with Crippen molar-refractivity contribution in [1.82, 2.24) is 18.9 Å². The lowest BCUT2D eigenvalue weighted by Crippen LogP contribution is -2.28. The first-order valence-corrected chi connectivity index (χ1v) is 13.2. The van der Waals surface area contributed by atoms with Crippen LogP contribution in [0, 0.1) is 13.8 Å². The number of sulfonamides is 1. The minimum atomic E-state index is -3.79. The van der Waals surface area contributed by atoms with Crippen molar-refractivity contribution in [1.29, 1.82) is 0 Å². The summed E-state index contributed by atoms with van der Waals surface area (Å²) in [6, 6.07) is 15.9. The molecule has 0 radical (unpaired) electrons. The smallest absolute Gasteiger partial charge is 0.276 e. The molecule has 0 spiro atoms. The van der Waals surface area contributed by atoms with Crippen LogP contribution in [0.5, 0.6) is 5.75 Å². The third-order valence-corrected chi connectivity index (χ3v) is 8.20. The van der Waals surface area contributed by atoms with E-state index in [9.17, 15) is 13.2 Å². The molecule has 0 aliphatic carbocycles. The predicted molar refractivity (Wildman–Crippen MR) is 137 cm³/mol. The van der Waals surface area contributed by atoms with Gasteiger partial charge in [0.1, 0.15) is 10.6 Å². The quantitative estimate of drug-likeness (QED) is 0.424. The SMILES string of the molecule is COc1ccc(-c2c(C(=O)Nc3ccccc3)nn3c(C)cc(C)nc23)cc1S(=O)(=O)N1CCCC1. The van der Waals surface area contributed by atoms with Gasteiger partial charge in [-0.05, 0) is 62.6 Å². The number of hydrogen-bond donors (Lipinski definition) is 1. The zero-order chi connectivity index (χ0) is 25.4. The number of carbonyl (C=O) groups is 1. The van der Waals surface area contributed by atoms with Gasteiger partial charge in [-0.3, -0.25) is 4.79 Å². The number of nitrogens with zero attached hydrogens (tertiary/aromatic N) is 4. The first kappa shape index (κ1) is 24.0. The van der Waals surface area contributed by atoms with E-state index in [2.05, 4.69) is 15.4 Å². The Bertz CT molecular complexity index is 1560. The van der Waals surface area contributed by atoms with Crippen LogP contribution in [0.2, 0.25) is 0 Å². The maximum absolute atomic E-state index is 13.5. The second-order valence-corrected chi connectivity index (χ2v) is 10.7. The zero-order valence-corrected chi connectivity index (χ0v) is 21.2. The minimum absolute atomic E-state index is 0.0579. The zero-order valence-electron chi connectivity index (χ0n) is 20.4. The number of aryl methyl sites for hydroxylation is 2. The van der Waals surface area contributed by atoms with Crippen LogP contribution in [0.15, 0.2) is 59.5 Å². The summed E-state index contributed by atoms with van der Waals surface area (Å²) >= 11 is 0. The van der Waals surface area contributed by atoms with Crippen LogP contribution in [0.25, 0.3) is 16.8 Å². The van der Waals surface area contributed by atoms with Gasteiger partial charge in [0.2, 0.25) is 10.0 Å². The highest BCUT2D eigenvalue weighted by Gasteiger charge is 2.31. The summed E-state index contributed by atoms with van der Waals surface area (Å²) in [6.07, 6.45) is 1.64. The highest BCUT2D eigenvalue weighted by molar-refractivity contribution is 7.89. The summed E-state index contributed by atoms with van der Waals surface area (Å²) in [5.74, 6) is -0.170. The van der Waals surface area contributed by atoms with Crippen LogP contribution < -0.4 is 10.1 Å². The number of anilines is 1. The number of rotatable bonds is 6. The molecule has 5 rings (SSSR count). The summed E-state index contributed by atoms with van der Waals surface area (Å²) < 4.78 is 35.5. The van der Waals surface area contributed by atoms with E-state index in [4.69, 9.17) is 4.74 Å².